The van der Waals surface area contributed by atoms with E-state index in [-0.39, 0.29) is 17.3 Å². The van der Waals surface area contributed by atoms with Crippen molar-refractivity contribution in [2.24, 2.45) is 0 Å². The van der Waals surface area contributed by atoms with Crippen LogP contribution in [0.3, 0.4) is 0 Å². The maximum Gasteiger partial charge on any atom is 0.234 e. The molecule has 0 aliphatic carbocycles. The molecule has 0 saturated carbocycles. The molecule has 0 aliphatic heterocycles. The minimum atomic E-state index is -0.424. The first-order valence-corrected chi connectivity index (χ1v) is 8.52. The van der Waals surface area contributed by atoms with Crippen molar-refractivity contribution in [2.75, 3.05) is 17.3 Å². The van der Waals surface area contributed by atoms with Gasteiger partial charge in [0.2, 0.25) is 11.8 Å². The standard InChI is InChI=1S/C17H14FN3O2S/c1-24-9-15(22)21-11-5-7-12(8-6-11)23-17-13-3-2-4-14(18)16(13)19-10-20-17/h2-8,10H,9H2,1H3,(H,21,22). The summed E-state index contributed by atoms with van der Waals surface area (Å²) in [7, 11) is 0. The van der Waals surface area contributed by atoms with Crippen LogP contribution in [0.2, 0.25) is 0 Å². The fraction of sp³-hybridized carbons (Fsp3) is 0.118. The van der Waals surface area contributed by atoms with E-state index in [2.05, 4.69) is 15.3 Å². The van der Waals surface area contributed by atoms with Crippen molar-refractivity contribution in [3.63, 3.8) is 0 Å². The Balaban J connectivity index is 1.80. The molecule has 1 heterocycles. The number of thioether (sulfide) groups is 1. The number of halogens is 1. The van der Waals surface area contributed by atoms with Crippen molar-refractivity contribution in [2.45, 2.75) is 0 Å². The lowest BCUT2D eigenvalue weighted by Gasteiger charge is -2.09. The summed E-state index contributed by atoms with van der Waals surface area (Å²) in [6, 6.07) is 11.5. The van der Waals surface area contributed by atoms with Crippen molar-refractivity contribution in [1.29, 1.82) is 0 Å². The molecule has 24 heavy (non-hydrogen) atoms. The van der Waals surface area contributed by atoms with Crippen LogP contribution >= 0.6 is 11.8 Å². The number of benzene rings is 2. The molecule has 3 aromatic rings. The second-order valence-electron chi connectivity index (χ2n) is 4.92. The Labute approximate surface area is 142 Å². The number of nitrogens with one attached hydrogen (secondary N) is 1. The SMILES string of the molecule is CSCC(=O)Nc1ccc(Oc2ncnc3c(F)cccc23)cc1. The Hall–Kier alpha value is -2.67. The zero-order valence-corrected chi connectivity index (χ0v) is 13.6. The van der Waals surface area contributed by atoms with Crippen molar-refractivity contribution in [3.05, 3.63) is 54.6 Å². The smallest absolute Gasteiger partial charge is 0.234 e. The van der Waals surface area contributed by atoms with Gasteiger partial charge in [0.15, 0.2) is 0 Å². The van der Waals surface area contributed by atoms with Gasteiger partial charge in [-0.25, -0.2) is 14.4 Å². The van der Waals surface area contributed by atoms with Crippen LogP contribution < -0.4 is 10.1 Å². The van der Waals surface area contributed by atoms with Crippen molar-refractivity contribution < 1.29 is 13.9 Å². The first-order chi connectivity index (χ1) is 11.7. The molecule has 0 spiro atoms. The molecule has 2 aromatic carbocycles. The number of amides is 1. The zero-order chi connectivity index (χ0) is 16.9. The van der Waals surface area contributed by atoms with E-state index in [0.717, 1.165) is 0 Å². The van der Waals surface area contributed by atoms with E-state index >= 15 is 0 Å². The molecule has 1 N–H and O–H groups in total. The Morgan fingerprint density at radius 2 is 2.00 bits per heavy atom. The van der Waals surface area contributed by atoms with Gasteiger partial charge in [-0.3, -0.25) is 4.79 Å². The fourth-order valence-corrected chi connectivity index (χ4v) is 2.49. The highest BCUT2D eigenvalue weighted by Gasteiger charge is 2.09. The summed E-state index contributed by atoms with van der Waals surface area (Å²) in [5.41, 5.74) is 0.892. The van der Waals surface area contributed by atoms with Gasteiger partial charge in [-0.05, 0) is 42.7 Å². The van der Waals surface area contributed by atoms with Crippen LogP contribution in [0.1, 0.15) is 0 Å². The van der Waals surface area contributed by atoms with Crippen LogP contribution in [0.5, 0.6) is 11.6 Å². The van der Waals surface area contributed by atoms with E-state index in [9.17, 15) is 9.18 Å². The molecular weight excluding hydrogens is 329 g/mol. The summed E-state index contributed by atoms with van der Waals surface area (Å²) in [5, 5.41) is 3.28. The van der Waals surface area contributed by atoms with Gasteiger partial charge in [0.25, 0.3) is 0 Å². The third-order valence-electron chi connectivity index (χ3n) is 3.21. The minimum Gasteiger partial charge on any atom is -0.438 e. The summed E-state index contributed by atoms with van der Waals surface area (Å²) in [6.45, 7) is 0. The molecule has 0 saturated heterocycles. The lowest BCUT2D eigenvalue weighted by molar-refractivity contribution is -0.113. The third-order valence-corrected chi connectivity index (χ3v) is 3.76. The molecule has 122 valence electrons. The molecule has 3 rings (SSSR count). The maximum absolute atomic E-state index is 13.8. The normalized spacial score (nSPS) is 10.6. The molecule has 0 fully saturated rings. The average Bonchev–Trinajstić information content (AvgIpc) is 2.58. The van der Waals surface area contributed by atoms with E-state index in [0.29, 0.717) is 22.6 Å². The molecule has 0 unspecified atom stereocenters. The Kier molecular flexibility index (Phi) is 4.90. The van der Waals surface area contributed by atoms with Gasteiger partial charge in [0.05, 0.1) is 11.1 Å². The highest BCUT2D eigenvalue weighted by molar-refractivity contribution is 7.99. The van der Waals surface area contributed by atoms with E-state index in [1.165, 1.54) is 24.2 Å². The summed E-state index contributed by atoms with van der Waals surface area (Å²) in [5.74, 6) is 0.720. The van der Waals surface area contributed by atoms with E-state index in [1.54, 1.807) is 36.4 Å². The Morgan fingerprint density at radius 1 is 1.21 bits per heavy atom. The van der Waals surface area contributed by atoms with E-state index < -0.39 is 5.82 Å². The molecule has 1 amide bonds. The van der Waals surface area contributed by atoms with Crippen LogP contribution in [0.4, 0.5) is 10.1 Å². The van der Waals surface area contributed by atoms with Gasteiger partial charge in [0.1, 0.15) is 23.4 Å². The second-order valence-corrected chi connectivity index (χ2v) is 5.79. The number of aromatic nitrogens is 2. The summed E-state index contributed by atoms with van der Waals surface area (Å²) >= 11 is 1.45. The molecule has 1 aromatic heterocycles. The number of ether oxygens (including phenoxy) is 1. The van der Waals surface area contributed by atoms with Crippen molar-refractivity contribution >= 4 is 34.3 Å². The molecule has 0 radical (unpaired) electrons. The van der Waals surface area contributed by atoms with Crippen LogP contribution in [-0.2, 0) is 4.79 Å². The van der Waals surface area contributed by atoms with Gasteiger partial charge in [-0.1, -0.05) is 6.07 Å². The maximum atomic E-state index is 13.8. The molecular formula is C17H14FN3O2S. The third kappa shape index (κ3) is 3.62. The number of anilines is 1. The fourth-order valence-electron chi connectivity index (χ4n) is 2.16. The summed E-state index contributed by atoms with van der Waals surface area (Å²) < 4.78 is 19.5. The topological polar surface area (TPSA) is 64.1 Å². The van der Waals surface area contributed by atoms with Crippen LogP contribution in [0.25, 0.3) is 10.9 Å². The summed E-state index contributed by atoms with van der Waals surface area (Å²) in [6.07, 6.45) is 3.13. The quantitative estimate of drug-likeness (QED) is 0.762. The van der Waals surface area contributed by atoms with Gasteiger partial charge < -0.3 is 10.1 Å². The molecule has 5 nitrogen and oxygen atoms in total. The molecule has 0 aliphatic rings. The highest BCUT2D eigenvalue weighted by atomic mass is 32.2. The van der Waals surface area contributed by atoms with Crippen LogP contribution in [0.15, 0.2) is 48.8 Å². The van der Waals surface area contributed by atoms with Gasteiger partial charge in [-0.2, -0.15) is 11.8 Å². The molecule has 7 heteroatoms. The lowest BCUT2D eigenvalue weighted by Crippen LogP contribution is -2.13. The van der Waals surface area contributed by atoms with Crippen LogP contribution in [-0.4, -0.2) is 27.9 Å². The second kappa shape index (κ2) is 7.27. The van der Waals surface area contributed by atoms with Crippen molar-refractivity contribution in [3.8, 4) is 11.6 Å². The predicted molar refractivity (Wildman–Crippen MR) is 93.0 cm³/mol. The number of nitrogens with zero attached hydrogens (tertiary/aromatic N) is 2. The minimum absolute atomic E-state index is 0.0616. The molecule has 0 bridgehead atoms. The van der Waals surface area contributed by atoms with Crippen LogP contribution in [0, 0.1) is 5.82 Å². The first-order valence-electron chi connectivity index (χ1n) is 7.13. The van der Waals surface area contributed by atoms with Gasteiger partial charge in [-0.15, -0.1) is 0 Å². The largest absolute Gasteiger partial charge is 0.438 e. The Morgan fingerprint density at radius 3 is 2.75 bits per heavy atom. The number of carbonyl (C=O) groups is 1. The highest BCUT2D eigenvalue weighted by Crippen LogP contribution is 2.28. The number of carbonyl (C=O) groups excluding carboxylic acids is 1. The number of rotatable bonds is 5. The Bertz CT molecular complexity index is 871. The number of hydrogen-bond acceptors (Lipinski definition) is 5. The van der Waals surface area contributed by atoms with Gasteiger partial charge >= 0.3 is 0 Å². The monoisotopic (exact) mass is 343 g/mol. The predicted octanol–water partition coefficient (Wildman–Crippen LogP) is 3.86. The number of fused-ring (bicyclic) bond motifs is 1. The first kappa shape index (κ1) is 16.2. The number of hydrogen-bond donors (Lipinski definition) is 1. The van der Waals surface area contributed by atoms with E-state index in [1.807, 2.05) is 6.26 Å². The number of para-hydroxylation sites is 1. The zero-order valence-electron chi connectivity index (χ0n) is 12.8. The summed E-state index contributed by atoms with van der Waals surface area (Å²) in [4.78, 5) is 19.5. The average molecular weight is 343 g/mol. The van der Waals surface area contributed by atoms with Crippen molar-refractivity contribution in [1.82, 2.24) is 9.97 Å². The molecule has 0 atom stereocenters. The van der Waals surface area contributed by atoms with Gasteiger partial charge in [0, 0.05) is 5.69 Å². The van der Waals surface area contributed by atoms with E-state index in [4.69, 9.17) is 4.74 Å². The lowest BCUT2D eigenvalue weighted by atomic mass is 10.2.